The molecule has 1 aromatic rings. The number of carbonyl (C=O) groups is 1. The first kappa shape index (κ1) is 12.0. The maximum absolute atomic E-state index is 9.00. The van der Waals surface area contributed by atoms with Crippen molar-refractivity contribution in [1.29, 1.82) is 0 Å². The van der Waals surface area contributed by atoms with Gasteiger partial charge in [0, 0.05) is 38.8 Å². The Balaban J connectivity index is 0. The molecule has 0 aliphatic heterocycles. The number of hydrogen-bond acceptors (Lipinski definition) is 2. The minimum Gasteiger partial charge on any atom is -0.481 e. The largest absolute Gasteiger partial charge is 0.481 e. The molecule has 0 bridgehead atoms. The first-order chi connectivity index (χ1) is 4.23. The summed E-state index contributed by atoms with van der Waals surface area (Å²) in [5, 5.41) is 7.42. The second-order valence-electron chi connectivity index (χ2n) is 1.28. The molecule has 10 heavy (non-hydrogen) atoms. The maximum Gasteiger partial charge on any atom is 0.300 e. The van der Waals surface area contributed by atoms with Crippen LogP contribution in [-0.2, 0) is 24.3 Å². The van der Waals surface area contributed by atoms with Crippen molar-refractivity contribution < 1.29 is 29.4 Å². The molecular weight excluding hydrogens is 223 g/mol. The zero-order valence-corrected chi connectivity index (χ0v) is 7.01. The molecule has 0 unspecified atom stereocenters. The van der Waals surface area contributed by atoms with E-state index < -0.39 is 5.97 Å². The molecule has 5 heteroatoms. The molecule has 59 valence electrons. The number of carboxylic acids is 1. The Morgan fingerprint density at radius 3 is 2.30 bits per heavy atom. The topological polar surface area (TPSA) is 66.0 Å². The molecule has 0 aliphatic rings. The van der Waals surface area contributed by atoms with Crippen molar-refractivity contribution in [3.8, 4) is 0 Å². The Kier molecular flexibility index (Phi) is 9.99. The molecule has 0 spiro atoms. The van der Waals surface area contributed by atoms with Gasteiger partial charge in [-0.15, -0.1) is 0 Å². The quantitative estimate of drug-likeness (QED) is 0.639. The summed E-state index contributed by atoms with van der Waals surface area (Å²) in [6.45, 7) is 1.08. The number of H-pyrrole nitrogens is 1. The number of imidazole rings is 1. The van der Waals surface area contributed by atoms with Crippen molar-refractivity contribution >= 4 is 5.97 Å². The van der Waals surface area contributed by atoms with Crippen LogP contribution in [0.4, 0.5) is 0 Å². The molecule has 0 aromatic carbocycles. The maximum atomic E-state index is 9.00. The summed E-state index contributed by atoms with van der Waals surface area (Å²) in [5.74, 6) is -0.833. The third-order valence-corrected chi connectivity index (χ3v) is 0.406. The SMILES string of the molecule is CC(=O)O.[Rh].c1c[nH]cn1. The van der Waals surface area contributed by atoms with Crippen molar-refractivity contribution in [2.75, 3.05) is 0 Å². The molecule has 0 atom stereocenters. The summed E-state index contributed by atoms with van der Waals surface area (Å²) in [6, 6.07) is 0. The van der Waals surface area contributed by atoms with Gasteiger partial charge >= 0.3 is 0 Å². The average Bonchev–Trinajstić information content (AvgIpc) is 2.11. The van der Waals surface area contributed by atoms with E-state index in [2.05, 4.69) is 9.97 Å². The number of aromatic nitrogens is 2. The van der Waals surface area contributed by atoms with E-state index in [0.29, 0.717) is 0 Å². The summed E-state index contributed by atoms with van der Waals surface area (Å²) in [4.78, 5) is 15.4. The van der Waals surface area contributed by atoms with Crippen molar-refractivity contribution in [2.24, 2.45) is 0 Å². The van der Waals surface area contributed by atoms with Crippen LogP contribution in [0.3, 0.4) is 0 Å². The minimum atomic E-state index is -0.833. The summed E-state index contributed by atoms with van der Waals surface area (Å²) in [7, 11) is 0. The van der Waals surface area contributed by atoms with E-state index in [1.54, 1.807) is 18.7 Å². The number of nitrogens with zero attached hydrogens (tertiary/aromatic N) is 1. The van der Waals surface area contributed by atoms with Gasteiger partial charge in [-0.2, -0.15) is 0 Å². The monoisotopic (exact) mass is 231 g/mol. The molecule has 0 amide bonds. The zero-order chi connectivity index (χ0) is 7.11. The predicted octanol–water partition coefficient (Wildman–Crippen LogP) is 0.498. The number of carboxylic acid groups (broad SMARTS) is 1. The van der Waals surface area contributed by atoms with Crippen molar-refractivity contribution in [3.05, 3.63) is 18.7 Å². The van der Waals surface area contributed by atoms with Crippen LogP contribution in [0.25, 0.3) is 0 Å². The number of aliphatic carboxylic acids is 1. The molecule has 0 aliphatic carbocycles. The first-order valence-corrected chi connectivity index (χ1v) is 2.35. The predicted molar refractivity (Wildman–Crippen MR) is 31.9 cm³/mol. The first-order valence-electron chi connectivity index (χ1n) is 2.35. The van der Waals surface area contributed by atoms with Crippen molar-refractivity contribution in [2.45, 2.75) is 6.92 Å². The van der Waals surface area contributed by atoms with Crippen LogP contribution in [0.5, 0.6) is 0 Å². The van der Waals surface area contributed by atoms with Crippen LogP contribution in [0.15, 0.2) is 18.7 Å². The van der Waals surface area contributed by atoms with Crippen LogP contribution in [0, 0.1) is 0 Å². The molecular formula is C5H8N2O2Rh. The fourth-order valence-corrected chi connectivity index (χ4v) is 0.215. The average molecular weight is 231 g/mol. The van der Waals surface area contributed by atoms with E-state index in [9.17, 15) is 0 Å². The summed E-state index contributed by atoms with van der Waals surface area (Å²) in [6.07, 6.45) is 5.08. The van der Waals surface area contributed by atoms with Gasteiger partial charge in [-0.1, -0.05) is 0 Å². The fourth-order valence-electron chi connectivity index (χ4n) is 0.215. The second kappa shape index (κ2) is 8.30. The number of hydrogen-bond donors (Lipinski definition) is 2. The van der Waals surface area contributed by atoms with E-state index in [1.165, 1.54) is 0 Å². The van der Waals surface area contributed by atoms with Gasteiger partial charge in [0.25, 0.3) is 5.97 Å². The molecule has 1 aromatic heterocycles. The van der Waals surface area contributed by atoms with Gasteiger partial charge in [-0.05, 0) is 0 Å². The number of rotatable bonds is 0. The Hall–Kier alpha value is -0.697. The molecule has 1 heterocycles. The van der Waals surface area contributed by atoms with Crippen LogP contribution in [0.1, 0.15) is 6.92 Å². The third kappa shape index (κ3) is 15.7. The number of nitrogens with one attached hydrogen (secondary N) is 1. The van der Waals surface area contributed by atoms with Gasteiger partial charge in [0.15, 0.2) is 0 Å². The van der Waals surface area contributed by atoms with Gasteiger partial charge in [0.2, 0.25) is 0 Å². The molecule has 1 rings (SSSR count). The van der Waals surface area contributed by atoms with Crippen molar-refractivity contribution in [1.82, 2.24) is 9.97 Å². The summed E-state index contributed by atoms with van der Waals surface area (Å²) < 4.78 is 0. The standard InChI is InChI=1S/C3H4N2.C2H4O2.Rh/c1-2-5-3-4-1;1-2(3)4;/h1-3H,(H,4,5);1H3,(H,3,4);. The van der Waals surface area contributed by atoms with Gasteiger partial charge < -0.3 is 10.1 Å². The van der Waals surface area contributed by atoms with E-state index >= 15 is 0 Å². The Morgan fingerprint density at radius 2 is 2.20 bits per heavy atom. The fraction of sp³-hybridized carbons (Fsp3) is 0.200. The van der Waals surface area contributed by atoms with E-state index in [1.807, 2.05) is 0 Å². The van der Waals surface area contributed by atoms with Gasteiger partial charge in [0.05, 0.1) is 6.33 Å². The van der Waals surface area contributed by atoms with Gasteiger partial charge in [0.1, 0.15) is 0 Å². The molecule has 1 radical (unpaired) electrons. The molecule has 0 fully saturated rings. The van der Waals surface area contributed by atoms with Crippen LogP contribution in [0.2, 0.25) is 0 Å². The minimum absolute atomic E-state index is 0. The Bertz CT molecular complexity index is 131. The summed E-state index contributed by atoms with van der Waals surface area (Å²) in [5.41, 5.74) is 0. The van der Waals surface area contributed by atoms with Crippen LogP contribution in [-0.4, -0.2) is 21.0 Å². The molecule has 0 saturated heterocycles. The molecule has 2 N–H and O–H groups in total. The smallest absolute Gasteiger partial charge is 0.300 e. The Labute approximate surface area is 71.4 Å². The van der Waals surface area contributed by atoms with E-state index in [-0.39, 0.29) is 19.5 Å². The zero-order valence-electron chi connectivity index (χ0n) is 5.37. The Morgan fingerprint density at radius 1 is 1.70 bits per heavy atom. The van der Waals surface area contributed by atoms with Gasteiger partial charge in [-0.25, -0.2) is 4.98 Å². The van der Waals surface area contributed by atoms with Crippen molar-refractivity contribution in [3.63, 3.8) is 0 Å². The molecule has 4 nitrogen and oxygen atoms in total. The van der Waals surface area contributed by atoms with E-state index in [4.69, 9.17) is 9.90 Å². The van der Waals surface area contributed by atoms with Crippen LogP contribution < -0.4 is 0 Å². The normalized spacial score (nSPS) is 6.50. The number of aromatic amines is 1. The third-order valence-electron chi connectivity index (χ3n) is 0.406. The molecule has 0 saturated carbocycles. The van der Waals surface area contributed by atoms with E-state index in [0.717, 1.165) is 6.92 Å². The van der Waals surface area contributed by atoms with Crippen LogP contribution >= 0.6 is 0 Å². The summed E-state index contributed by atoms with van der Waals surface area (Å²) >= 11 is 0. The second-order valence-corrected chi connectivity index (χ2v) is 1.28. The van der Waals surface area contributed by atoms with Gasteiger partial charge in [-0.3, -0.25) is 4.79 Å².